The van der Waals surface area contributed by atoms with Gasteiger partial charge in [-0.25, -0.2) is 4.79 Å². The number of urea groups is 1. The molecule has 7 nitrogen and oxygen atoms in total. The van der Waals surface area contributed by atoms with E-state index in [9.17, 15) is 19.5 Å². The van der Waals surface area contributed by atoms with Crippen LogP contribution in [0.2, 0.25) is 0 Å². The zero-order valence-electron chi connectivity index (χ0n) is 15.6. The molecule has 1 fully saturated rings. The van der Waals surface area contributed by atoms with Gasteiger partial charge in [0, 0.05) is 25.6 Å². The lowest BCUT2D eigenvalue weighted by molar-refractivity contribution is -0.138. The minimum Gasteiger partial charge on any atom is -0.481 e. The van der Waals surface area contributed by atoms with E-state index in [0.717, 1.165) is 25.7 Å². The first-order valence-corrected chi connectivity index (χ1v) is 9.65. The minimum absolute atomic E-state index is 0.0494. The predicted molar refractivity (Wildman–Crippen MR) is 102 cm³/mol. The molecular weight excluding hydrogens is 346 g/mol. The summed E-state index contributed by atoms with van der Waals surface area (Å²) < 4.78 is 0. The first-order chi connectivity index (χ1) is 13.1. The van der Waals surface area contributed by atoms with E-state index in [0.29, 0.717) is 18.5 Å². The van der Waals surface area contributed by atoms with Gasteiger partial charge in [0.2, 0.25) is 5.91 Å². The fourth-order valence-electron chi connectivity index (χ4n) is 3.27. The number of benzene rings is 1. The number of carboxylic acid groups (broad SMARTS) is 1. The van der Waals surface area contributed by atoms with E-state index in [4.69, 9.17) is 0 Å². The van der Waals surface area contributed by atoms with Crippen LogP contribution in [0.15, 0.2) is 30.3 Å². The molecule has 0 bridgehead atoms. The van der Waals surface area contributed by atoms with Gasteiger partial charge in [-0.2, -0.15) is 0 Å². The van der Waals surface area contributed by atoms with Gasteiger partial charge >= 0.3 is 12.0 Å². The van der Waals surface area contributed by atoms with Crippen LogP contribution in [0.25, 0.3) is 0 Å². The van der Waals surface area contributed by atoms with E-state index < -0.39 is 11.9 Å². The number of hydrogen-bond donors (Lipinski definition) is 4. The van der Waals surface area contributed by atoms with Crippen LogP contribution in [0.5, 0.6) is 0 Å². The van der Waals surface area contributed by atoms with E-state index in [1.54, 1.807) is 24.3 Å². The molecule has 0 radical (unpaired) electrons. The molecule has 2 rings (SSSR count). The second kappa shape index (κ2) is 11.2. The van der Waals surface area contributed by atoms with Gasteiger partial charge in [0.25, 0.3) is 0 Å². The average molecular weight is 375 g/mol. The van der Waals surface area contributed by atoms with Crippen LogP contribution in [0.1, 0.15) is 56.4 Å². The second-order valence-electron chi connectivity index (χ2n) is 6.94. The number of carbonyl (C=O) groups is 3. The standard InChI is InChI=1S/C20H29N3O4/c24-18(22-14-17(19(25)26)15-8-3-1-4-9-15)12-7-13-21-20(27)23-16-10-5-2-6-11-16/h1,3-4,8-9,16-17H,2,5-7,10-14H2,(H,22,24)(H,25,26)(H2,21,23,27). The summed E-state index contributed by atoms with van der Waals surface area (Å²) in [5, 5.41) is 17.7. The van der Waals surface area contributed by atoms with Crippen LogP contribution >= 0.6 is 0 Å². The molecule has 27 heavy (non-hydrogen) atoms. The summed E-state index contributed by atoms with van der Waals surface area (Å²) in [5.74, 6) is -1.95. The summed E-state index contributed by atoms with van der Waals surface area (Å²) in [4.78, 5) is 35.2. The van der Waals surface area contributed by atoms with Gasteiger partial charge in [-0.05, 0) is 24.8 Å². The van der Waals surface area contributed by atoms with Gasteiger partial charge < -0.3 is 21.1 Å². The van der Waals surface area contributed by atoms with E-state index in [1.807, 2.05) is 6.07 Å². The third-order valence-electron chi connectivity index (χ3n) is 4.81. The zero-order chi connectivity index (χ0) is 19.5. The van der Waals surface area contributed by atoms with Crippen LogP contribution in [0.4, 0.5) is 4.79 Å². The number of nitrogens with one attached hydrogen (secondary N) is 3. The summed E-state index contributed by atoms with van der Waals surface area (Å²) in [6.45, 7) is 0.459. The van der Waals surface area contributed by atoms with E-state index >= 15 is 0 Å². The van der Waals surface area contributed by atoms with E-state index in [-0.39, 0.29) is 30.9 Å². The van der Waals surface area contributed by atoms with Gasteiger partial charge in [-0.3, -0.25) is 9.59 Å². The Morgan fingerprint density at radius 3 is 2.41 bits per heavy atom. The summed E-state index contributed by atoms with van der Waals surface area (Å²) in [7, 11) is 0. The lowest BCUT2D eigenvalue weighted by Gasteiger charge is -2.22. The topological polar surface area (TPSA) is 108 Å². The van der Waals surface area contributed by atoms with E-state index in [2.05, 4.69) is 16.0 Å². The van der Waals surface area contributed by atoms with Crippen molar-refractivity contribution in [3.63, 3.8) is 0 Å². The molecule has 0 heterocycles. The highest BCUT2D eigenvalue weighted by atomic mass is 16.4. The molecule has 1 atom stereocenters. The molecule has 1 unspecified atom stereocenters. The maximum atomic E-state index is 11.9. The van der Waals surface area contributed by atoms with Crippen LogP contribution in [0, 0.1) is 0 Å². The number of rotatable bonds is 9. The Morgan fingerprint density at radius 2 is 1.74 bits per heavy atom. The molecule has 1 aliphatic rings. The molecule has 4 N–H and O–H groups in total. The average Bonchev–Trinajstić information content (AvgIpc) is 2.67. The van der Waals surface area contributed by atoms with Gasteiger partial charge in [-0.15, -0.1) is 0 Å². The first-order valence-electron chi connectivity index (χ1n) is 9.65. The van der Waals surface area contributed by atoms with Gasteiger partial charge in [0.1, 0.15) is 0 Å². The highest BCUT2D eigenvalue weighted by molar-refractivity contribution is 5.80. The molecule has 148 valence electrons. The molecule has 0 saturated heterocycles. The quantitative estimate of drug-likeness (QED) is 0.497. The Hall–Kier alpha value is -2.57. The number of amides is 3. The van der Waals surface area contributed by atoms with Crippen molar-refractivity contribution >= 4 is 17.9 Å². The fraction of sp³-hybridized carbons (Fsp3) is 0.550. The summed E-state index contributed by atoms with van der Waals surface area (Å²) >= 11 is 0. The second-order valence-corrected chi connectivity index (χ2v) is 6.94. The third-order valence-corrected chi connectivity index (χ3v) is 4.81. The predicted octanol–water partition coefficient (Wildman–Crippen LogP) is 2.38. The Balaban J connectivity index is 1.61. The van der Waals surface area contributed by atoms with Gasteiger partial charge in [0.15, 0.2) is 0 Å². The summed E-state index contributed by atoms with van der Waals surface area (Å²) in [6, 6.07) is 8.91. The van der Waals surface area contributed by atoms with Crippen molar-refractivity contribution in [2.24, 2.45) is 0 Å². The lowest BCUT2D eigenvalue weighted by Crippen LogP contribution is -2.43. The van der Waals surface area contributed by atoms with Crippen molar-refractivity contribution < 1.29 is 19.5 Å². The Kier molecular flexibility index (Phi) is 8.61. The largest absolute Gasteiger partial charge is 0.481 e. The Morgan fingerprint density at radius 1 is 1.04 bits per heavy atom. The third kappa shape index (κ3) is 7.68. The molecule has 1 aliphatic carbocycles. The van der Waals surface area contributed by atoms with Crippen molar-refractivity contribution in [2.75, 3.05) is 13.1 Å². The molecule has 0 aromatic heterocycles. The Bertz CT molecular complexity index is 615. The molecular formula is C20H29N3O4. The van der Waals surface area contributed by atoms with Crippen molar-refractivity contribution in [3.8, 4) is 0 Å². The van der Waals surface area contributed by atoms with Crippen LogP contribution < -0.4 is 16.0 Å². The molecule has 1 aromatic carbocycles. The van der Waals surface area contributed by atoms with Crippen LogP contribution in [-0.2, 0) is 9.59 Å². The van der Waals surface area contributed by atoms with Crippen molar-refractivity contribution in [1.29, 1.82) is 0 Å². The summed E-state index contributed by atoms with van der Waals surface area (Å²) in [6.07, 6.45) is 6.36. The van der Waals surface area contributed by atoms with Gasteiger partial charge in [0.05, 0.1) is 5.92 Å². The zero-order valence-corrected chi connectivity index (χ0v) is 15.6. The SMILES string of the molecule is O=C(CCCNC(=O)NC1CCCCC1)NCC(C(=O)O)c1ccccc1. The highest BCUT2D eigenvalue weighted by Gasteiger charge is 2.20. The number of aliphatic carboxylic acids is 1. The highest BCUT2D eigenvalue weighted by Crippen LogP contribution is 2.17. The lowest BCUT2D eigenvalue weighted by atomic mass is 9.96. The fourth-order valence-corrected chi connectivity index (χ4v) is 3.27. The molecule has 0 spiro atoms. The maximum absolute atomic E-state index is 11.9. The molecule has 3 amide bonds. The van der Waals surface area contributed by atoms with Crippen molar-refractivity contribution in [2.45, 2.75) is 56.9 Å². The normalized spacial score (nSPS) is 15.6. The molecule has 0 aliphatic heterocycles. The van der Waals surface area contributed by atoms with Gasteiger partial charge in [-0.1, -0.05) is 49.6 Å². The van der Waals surface area contributed by atoms with Crippen molar-refractivity contribution in [1.82, 2.24) is 16.0 Å². The number of carboxylic acids is 1. The van der Waals surface area contributed by atoms with Crippen LogP contribution in [0.3, 0.4) is 0 Å². The molecule has 7 heteroatoms. The number of carbonyl (C=O) groups excluding carboxylic acids is 2. The van der Waals surface area contributed by atoms with E-state index in [1.165, 1.54) is 6.42 Å². The van der Waals surface area contributed by atoms with Crippen molar-refractivity contribution in [3.05, 3.63) is 35.9 Å². The minimum atomic E-state index is -0.970. The smallest absolute Gasteiger partial charge is 0.315 e. The van der Waals surface area contributed by atoms with Crippen LogP contribution in [-0.4, -0.2) is 42.1 Å². The Labute approximate surface area is 159 Å². The summed E-state index contributed by atoms with van der Waals surface area (Å²) in [5.41, 5.74) is 0.659. The number of hydrogen-bond acceptors (Lipinski definition) is 3. The maximum Gasteiger partial charge on any atom is 0.315 e. The first kappa shape index (κ1) is 20.7. The monoisotopic (exact) mass is 375 g/mol. The molecule has 1 aromatic rings. The molecule has 1 saturated carbocycles.